The molecule has 0 radical (unpaired) electrons. The molecule has 1 saturated heterocycles. The first-order valence-electron chi connectivity index (χ1n) is 8.71. The highest BCUT2D eigenvalue weighted by molar-refractivity contribution is 7.89. The average Bonchev–Trinajstić information content (AvgIpc) is 2.64. The Hall–Kier alpha value is -1.93. The van der Waals surface area contributed by atoms with Gasteiger partial charge in [0.05, 0.1) is 5.75 Å². The number of carbonyl (C=O) groups is 1. The summed E-state index contributed by atoms with van der Waals surface area (Å²) in [6.45, 7) is 7.70. The average molecular weight is 411 g/mol. The smallest absolute Gasteiger partial charge is 0.234 e. The van der Waals surface area contributed by atoms with Crippen LogP contribution in [0.5, 0.6) is 0 Å². The third kappa shape index (κ3) is 6.32. The minimum Gasteiger partial charge on any atom is -0.354 e. The SMILES string of the molecule is C[Si](C)(C)C#CC(CS(=O)(=O)N1CCN(c2ccccn2)CC1)N(O)C=O. The van der Waals surface area contributed by atoms with Crippen molar-refractivity contribution < 1.29 is 18.4 Å². The number of rotatable bonds is 6. The molecule has 1 amide bonds. The molecule has 0 spiro atoms. The lowest BCUT2D eigenvalue weighted by atomic mass is 10.3. The van der Waals surface area contributed by atoms with E-state index in [0.717, 1.165) is 5.82 Å². The van der Waals surface area contributed by atoms with E-state index in [1.165, 1.54) is 4.31 Å². The standard InChI is InChI=1S/C17H26N4O4SSi/c1-27(2,3)13-7-16(21(23)15-22)14-26(24,25)20-11-9-19(10-12-20)17-6-4-5-8-18-17/h4-6,8,15-16,23H,9-12,14H2,1-3H3. The zero-order valence-electron chi connectivity index (χ0n) is 15.9. The lowest BCUT2D eigenvalue weighted by Crippen LogP contribution is -2.51. The summed E-state index contributed by atoms with van der Waals surface area (Å²) in [5.74, 6) is 3.16. The first-order chi connectivity index (χ1) is 12.6. The van der Waals surface area contributed by atoms with Crippen molar-refractivity contribution in [2.75, 3.05) is 36.8 Å². The molecule has 1 aliphatic heterocycles. The summed E-state index contributed by atoms with van der Waals surface area (Å²) in [4.78, 5) is 17.2. The summed E-state index contributed by atoms with van der Waals surface area (Å²) in [5, 5.41) is 10.1. The fraction of sp³-hybridized carbons (Fsp3) is 0.529. The molecule has 2 rings (SSSR count). The summed E-state index contributed by atoms with van der Waals surface area (Å²) in [7, 11) is -5.45. The highest BCUT2D eigenvalue weighted by Gasteiger charge is 2.31. The molecule has 8 nitrogen and oxygen atoms in total. The van der Waals surface area contributed by atoms with E-state index < -0.39 is 29.9 Å². The monoisotopic (exact) mass is 410 g/mol. The normalized spacial score (nSPS) is 17.0. The maximum absolute atomic E-state index is 12.8. The van der Waals surface area contributed by atoms with Crippen LogP contribution in [-0.2, 0) is 14.8 Å². The van der Waals surface area contributed by atoms with Crippen molar-refractivity contribution in [2.24, 2.45) is 0 Å². The van der Waals surface area contributed by atoms with Crippen LogP contribution in [-0.4, -0.2) is 80.4 Å². The molecule has 1 fully saturated rings. The highest BCUT2D eigenvalue weighted by Crippen LogP contribution is 2.16. The molecule has 2 heterocycles. The van der Waals surface area contributed by atoms with Gasteiger partial charge in [0.15, 0.2) is 0 Å². The number of anilines is 1. The number of aromatic nitrogens is 1. The molecule has 1 aliphatic rings. The quantitative estimate of drug-likeness (QED) is 0.243. The van der Waals surface area contributed by atoms with Gasteiger partial charge in [-0.25, -0.2) is 18.5 Å². The molecule has 1 aromatic heterocycles. The number of hydrogen-bond donors (Lipinski definition) is 1. The Morgan fingerprint density at radius 2 is 1.96 bits per heavy atom. The van der Waals surface area contributed by atoms with Gasteiger partial charge in [-0.3, -0.25) is 10.0 Å². The second-order valence-electron chi connectivity index (χ2n) is 7.37. The number of piperazine rings is 1. The van der Waals surface area contributed by atoms with Crippen LogP contribution >= 0.6 is 0 Å². The second kappa shape index (κ2) is 8.84. The van der Waals surface area contributed by atoms with Crippen LogP contribution in [0, 0.1) is 11.5 Å². The highest BCUT2D eigenvalue weighted by atomic mass is 32.2. The number of pyridine rings is 1. The van der Waals surface area contributed by atoms with Gasteiger partial charge in [0.1, 0.15) is 19.9 Å². The maximum atomic E-state index is 12.8. The summed E-state index contributed by atoms with van der Waals surface area (Å²) < 4.78 is 26.9. The van der Waals surface area contributed by atoms with E-state index in [0.29, 0.717) is 31.2 Å². The van der Waals surface area contributed by atoms with E-state index in [2.05, 4.69) is 16.4 Å². The van der Waals surface area contributed by atoms with E-state index in [-0.39, 0.29) is 6.41 Å². The Morgan fingerprint density at radius 1 is 1.30 bits per heavy atom. The predicted molar refractivity (Wildman–Crippen MR) is 106 cm³/mol. The van der Waals surface area contributed by atoms with Gasteiger partial charge < -0.3 is 4.90 Å². The number of carbonyl (C=O) groups excluding carboxylic acids is 1. The van der Waals surface area contributed by atoms with E-state index in [1.54, 1.807) is 6.20 Å². The number of amides is 1. The predicted octanol–water partition coefficient (Wildman–Crippen LogP) is 0.630. The molecule has 1 N–H and O–H groups in total. The zero-order chi connectivity index (χ0) is 20.1. The van der Waals surface area contributed by atoms with Crippen molar-refractivity contribution in [2.45, 2.75) is 25.7 Å². The van der Waals surface area contributed by atoms with Crippen LogP contribution in [0.3, 0.4) is 0 Å². The Morgan fingerprint density at radius 3 is 2.48 bits per heavy atom. The molecule has 0 aromatic carbocycles. The molecular formula is C17H26N4O4SSi. The van der Waals surface area contributed by atoms with Crippen molar-refractivity contribution in [1.29, 1.82) is 0 Å². The van der Waals surface area contributed by atoms with Crippen molar-refractivity contribution in [1.82, 2.24) is 14.4 Å². The molecule has 1 atom stereocenters. The lowest BCUT2D eigenvalue weighted by Gasteiger charge is -2.35. The molecule has 10 heteroatoms. The van der Waals surface area contributed by atoms with Crippen molar-refractivity contribution in [3.63, 3.8) is 0 Å². The van der Waals surface area contributed by atoms with E-state index in [1.807, 2.05) is 42.7 Å². The molecular weight excluding hydrogens is 384 g/mol. The van der Waals surface area contributed by atoms with Crippen molar-refractivity contribution >= 4 is 30.3 Å². The van der Waals surface area contributed by atoms with E-state index in [9.17, 15) is 18.4 Å². The Kier molecular flexibility index (Phi) is 6.99. The molecule has 0 saturated carbocycles. The fourth-order valence-electron chi connectivity index (χ4n) is 2.60. The van der Waals surface area contributed by atoms with Gasteiger partial charge in [-0.15, -0.1) is 5.54 Å². The Bertz CT molecular complexity index is 794. The summed E-state index contributed by atoms with van der Waals surface area (Å²) in [5.41, 5.74) is 3.02. The second-order valence-corrected chi connectivity index (χ2v) is 14.1. The fourth-order valence-corrected chi connectivity index (χ4v) is 4.76. The van der Waals surface area contributed by atoms with E-state index >= 15 is 0 Å². The van der Waals surface area contributed by atoms with Crippen molar-refractivity contribution in [3.8, 4) is 11.5 Å². The van der Waals surface area contributed by atoms with E-state index in [4.69, 9.17) is 0 Å². The largest absolute Gasteiger partial charge is 0.354 e. The summed E-state index contributed by atoms with van der Waals surface area (Å²) in [6.07, 6.45) is 1.90. The van der Waals surface area contributed by atoms with Gasteiger partial charge in [0.2, 0.25) is 16.4 Å². The molecule has 1 unspecified atom stereocenters. The number of hydrogen-bond acceptors (Lipinski definition) is 6. The zero-order valence-corrected chi connectivity index (χ0v) is 17.7. The third-order valence-electron chi connectivity index (χ3n) is 4.01. The van der Waals surface area contributed by atoms with Crippen LogP contribution in [0.25, 0.3) is 0 Å². The third-order valence-corrected chi connectivity index (χ3v) is 6.80. The molecule has 0 aliphatic carbocycles. The Labute approximate surface area is 161 Å². The minimum absolute atomic E-state index is 0.193. The van der Waals surface area contributed by atoms with Crippen LogP contribution in [0.15, 0.2) is 24.4 Å². The summed E-state index contributed by atoms with van der Waals surface area (Å²) in [6, 6.07) is 4.54. The van der Waals surface area contributed by atoms with Crippen LogP contribution in [0.1, 0.15) is 0 Å². The van der Waals surface area contributed by atoms with Crippen LogP contribution < -0.4 is 4.90 Å². The van der Waals surface area contributed by atoms with Gasteiger partial charge in [0.25, 0.3) is 0 Å². The minimum atomic E-state index is -3.67. The van der Waals surface area contributed by atoms with Crippen LogP contribution in [0.4, 0.5) is 5.82 Å². The molecule has 1 aromatic rings. The molecule has 27 heavy (non-hydrogen) atoms. The maximum Gasteiger partial charge on any atom is 0.234 e. The number of hydroxylamine groups is 2. The number of sulfonamides is 1. The van der Waals surface area contributed by atoms with Crippen LogP contribution in [0.2, 0.25) is 19.6 Å². The van der Waals surface area contributed by atoms with Gasteiger partial charge in [-0.2, -0.15) is 4.31 Å². The lowest BCUT2D eigenvalue weighted by molar-refractivity contribution is -0.153. The molecule has 0 bridgehead atoms. The Balaban J connectivity index is 2.06. The first kappa shape index (κ1) is 21.4. The first-order valence-corrected chi connectivity index (χ1v) is 13.8. The topological polar surface area (TPSA) is 94.1 Å². The number of nitrogens with zero attached hydrogens (tertiary/aromatic N) is 4. The van der Waals surface area contributed by atoms with Crippen molar-refractivity contribution in [3.05, 3.63) is 24.4 Å². The van der Waals surface area contributed by atoms with Gasteiger partial charge >= 0.3 is 0 Å². The summed E-state index contributed by atoms with van der Waals surface area (Å²) >= 11 is 0. The van der Waals surface area contributed by atoms with Gasteiger partial charge in [0, 0.05) is 32.4 Å². The van der Waals surface area contributed by atoms with Gasteiger partial charge in [-0.1, -0.05) is 31.6 Å². The molecule has 148 valence electrons. The van der Waals surface area contributed by atoms with Gasteiger partial charge in [-0.05, 0) is 12.1 Å².